The molecule has 0 atom stereocenters. The van der Waals surface area contributed by atoms with E-state index in [1.165, 1.54) is 37.7 Å². The molecule has 120 valence electrons. The van der Waals surface area contributed by atoms with Gasteiger partial charge in [-0.1, -0.05) is 37.0 Å². The molecule has 1 aromatic rings. The van der Waals surface area contributed by atoms with E-state index in [1.54, 1.807) is 0 Å². The fraction of sp³-hybridized carbons (Fsp3) is 0.500. The first kappa shape index (κ1) is 17.0. The highest BCUT2D eigenvalue weighted by atomic mass is 32.1. The highest BCUT2D eigenvalue weighted by Gasteiger charge is 2.13. The smallest absolute Gasteiger partial charge is 0.189 e. The van der Waals surface area contributed by atoms with E-state index in [4.69, 9.17) is 24.4 Å². The Balaban J connectivity index is 1.73. The van der Waals surface area contributed by atoms with Crippen molar-refractivity contribution in [3.05, 3.63) is 29.3 Å². The first-order valence-corrected chi connectivity index (χ1v) is 8.57. The monoisotopic (exact) mass is 336 g/mol. The fourth-order valence-corrected chi connectivity index (χ4v) is 3.07. The molecule has 0 spiro atoms. The number of anilines is 1. The second-order valence-electron chi connectivity index (χ2n) is 5.83. The van der Waals surface area contributed by atoms with E-state index < -0.39 is 0 Å². The predicted octanol–water partition coefficient (Wildman–Crippen LogP) is 3.30. The lowest BCUT2D eigenvalue weighted by atomic mass is 9.96. The molecule has 2 rings (SSSR count). The molecule has 0 aromatic heterocycles. The van der Waals surface area contributed by atoms with Crippen LogP contribution in [-0.4, -0.2) is 16.3 Å². The Morgan fingerprint density at radius 3 is 2.36 bits per heavy atom. The van der Waals surface area contributed by atoms with Crippen molar-refractivity contribution in [1.82, 2.24) is 16.2 Å². The summed E-state index contributed by atoms with van der Waals surface area (Å²) in [6, 6.07) is 6.68. The molecule has 0 aliphatic heterocycles. The van der Waals surface area contributed by atoms with Crippen molar-refractivity contribution in [3.8, 4) is 0 Å². The Labute approximate surface area is 143 Å². The zero-order valence-corrected chi connectivity index (χ0v) is 14.8. The molecule has 22 heavy (non-hydrogen) atoms. The maximum Gasteiger partial charge on any atom is 0.189 e. The molecule has 0 radical (unpaired) electrons. The molecule has 1 saturated carbocycles. The molecule has 0 saturated heterocycles. The maximum absolute atomic E-state index is 5.29. The summed E-state index contributed by atoms with van der Waals surface area (Å²) in [5.74, 6) is 0. The quantitative estimate of drug-likeness (QED) is 0.491. The van der Waals surface area contributed by atoms with Gasteiger partial charge < -0.3 is 10.6 Å². The Hall–Kier alpha value is -1.40. The van der Waals surface area contributed by atoms with E-state index in [1.807, 2.05) is 6.07 Å². The van der Waals surface area contributed by atoms with Gasteiger partial charge in [0, 0.05) is 11.7 Å². The summed E-state index contributed by atoms with van der Waals surface area (Å²) in [4.78, 5) is 0. The predicted molar refractivity (Wildman–Crippen MR) is 101 cm³/mol. The number of nitrogens with one attached hydrogen (secondary N) is 4. The van der Waals surface area contributed by atoms with Gasteiger partial charge in [-0.25, -0.2) is 0 Å². The molecular weight excluding hydrogens is 312 g/mol. The van der Waals surface area contributed by atoms with Gasteiger partial charge in [-0.3, -0.25) is 10.9 Å². The highest BCUT2D eigenvalue weighted by Crippen LogP contribution is 2.17. The lowest BCUT2D eigenvalue weighted by Gasteiger charge is -2.24. The van der Waals surface area contributed by atoms with Crippen LogP contribution in [0.15, 0.2) is 18.2 Å². The van der Waals surface area contributed by atoms with Crippen molar-refractivity contribution in [2.24, 2.45) is 0 Å². The normalized spacial score (nSPS) is 15.0. The van der Waals surface area contributed by atoms with Gasteiger partial charge >= 0.3 is 0 Å². The largest absolute Gasteiger partial charge is 0.359 e. The van der Waals surface area contributed by atoms with E-state index in [2.05, 4.69) is 47.5 Å². The second-order valence-corrected chi connectivity index (χ2v) is 6.65. The maximum atomic E-state index is 5.29. The number of hydrogen-bond donors (Lipinski definition) is 4. The van der Waals surface area contributed by atoms with Gasteiger partial charge in [-0.15, -0.1) is 0 Å². The zero-order valence-electron chi connectivity index (χ0n) is 13.2. The van der Waals surface area contributed by atoms with Crippen molar-refractivity contribution < 1.29 is 0 Å². The lowest BCUT2D eigenvalue weighted by molar-refractivity contribution is 0.411. The molecule has 0 amide bonds. The van der Waals surface area contributed by atoms with E-state index in [0.29, 0.717) is 16.3 Å². The molecule has 0 heterocycles. The minimum absolute atomic E-state index is 0.483. The Morgan fingerprint density at radius 2 is 1.68 bits per heavy atom. The van der Waals surface area contributed by atoms with Crippen LogP contribution in [0.5, 0.6) is 0 Å². The third kappa shape index (κ3) is 5.42. The van der Waals surface area contributed by atoms with Crippen molar-refractivity contribution in [3.63, 3.8) is 0 Å². The Bertz CT molecular complexity index is 539. The molecule has 4 nitrogen and oxygen atoms in total. The molecule has 6 heteroatoms. The molecule has 1 aliphatic carbocycles. The SMILES string of the molecule is Cc1ccc(NC(=S)NNC(=S)NC2CCCCC2)c(C)c1. The van der Waals surface area contributed by atoms with Crippen molar-refractivity contribution in [1.29, 1.82) is 0 Å². The topological polar surface area (TPSA) is 48.1 Å². The van der Waals surface area contributed by atoms with Crippen molar-refractivity contribution in [2.75, 3.05) is 5.32 Å². The fourth-order valence-electron chi connectivity index (χ4n) is 2.69. The van der Waals surface area contributed by atoms with Crippen LogP contribution in [0.2, 0.25) is 0 Å². The van der Waals surface area contributed by atoms with Crippen LogP contribution in [0.3, 0.4) is 0 Å². The molecule has 1 fully saturated rings. The number of aryl methyl sites for hydroxylation is 2. The van der Waals surface area contributed by atoms with Crippen LogP contribution >= 0.6 is 24.4 Å². The van der Waals surface area contributed by atoms with E-state index >= 15 is 0 Å². The minimum Gasteiger partial charge on any atom is -0.359 e. The summed E-state index contributed by atoms with van der Waals surface area (Å²) in [5, 5.41) is 7.59. The minimum atomic E-state index is 0.483. The van der Waals surface area contributed by atoms with Gasteiger partial charge in [0.15, 0.2) is 10.2 Å². The average Bonchev–Trinajstić information content (AvgIpc) is 2.49. The summed E-state index contributed by atoms with van der Waals surface area (Å²) >= 11 is 10.6. The van der Waals surface area contributed by atoms with E-state index in [-0.39, 0.29) is 0 Å². The highest BCUT2D eigenvalue weighted by molar-refractivity contribution is 7.80. The van der Waals surface area contributed by atoms with Gasteiger partial charge in [0.05, 0.1) is 0 Å². The number of hydrazine groups is 1. The summed E-state index contributed by atoms with van der Waals surface area (Å²) in [6.45, 7) is 4.13. The Kier molecular flexibility index (Phi) is 6.39. The van der Waals surface area contributed by atoms with Crippen molar-refractivity contribution >= 4 is 40.3 Å². The number of rotatable bonds is 2. The summed E-state index contributed by atoms with van der Waals surface area (Å²) in [5.41, 5.74) is 9.27. The van der Waals surface area contributed by atoms with Gasteiger partial charge in [-0.2, -0.15) is 0 Å². The van der Waals surface area contributed by atoms with Gasteiger partial charge in [0.2, 0.25) is 0 Å². The van der Waals surface area contributed by atoms with Crippen LogP contribution in [0.1, 0.15) is 43.2 Å². The number of hydrogen-bond acceptors (Lipinski definition) is 2. The van der Waals surface area contributed by atoms with Crippen molar-refractivity contribution in [2.45, 2.75) is 52.0 Å². The van der Waals surface area contributed by atoms with Crippen LogP contribution < -0.4 is 21.5 Å². The molecule has 4 N–H and O–H groups in total. The summed E-state index contributed by atoms with van der Waals surface area (Å²) < 4.78 is 0. The third-order valence-corrected chi connectivity index (χ3v) is 4.28. The summed E-state index contributed by atoms with van der Waals surface area (Å²) in [6.07, 6.45) is 6.27. The van der Waals surface area contributed by atoms with Crippen LogP contribution in [0, 0.1) is 13.8 Å². The molecule has 0 unspecified atom stereocenters. The summed E-state index contributed by atoms with van der Waals surface area (Å²) in [7, 11) is 0. The van der Waals surface area contributed by atoms with Crippen LogP contribution in [0.4, 0.5) is 5.69 Å². The average molecular weight is 337 g/mol. The lowest BCUT2D eigenvalue weighted by Crippen LogP contribution is -2.51. The molecule has 1 aliphatic rings. The van der Waals surface area contributed by atoms with E-state index in [0.717, 1.165) is 11.3 Å². The number of thiocarbonyl (C=S) groups is 2. The molecule has 0 bridgehead atoms. The molecular formula is C16H24N4S2. The first-order chi connectivity index (χ1) is 10.5. The zero-order chi connectivity index (χ0) is 15.9. The van der Waals surface area contributed by atoms with Gasteiger partial charge in [-0.05, 0) is 62.8 Å². The van der Waals surface area contributed by atoms with E-state index in [9.17, 15) is 0 Å². The second kappa shape index (κ2) is 8.29. The third-order valence-electron chi connectivity index (χ3n) is 3.86. The van der Waals surface area contributed by atoms with Gasteiger partial charge in [0.25, 0.3) is 0 Å². The first-order valence-electron chi connectivity index (χ1n) is 7.75. The van der Waals surface area contributed by atoms with Crippen LogP contribution in [0.25, 0.3) is 0 Å². The van der Waals surface area contributed by atoms with Crippen LogP contribution in [-0.2, 0) is 0 Å². The standard InChI is InChI=1S/C16H24N4S2/c1-11-8-9-14(12(2)10-11)18-16(22)20-19-15(21)17-13-6-4-3-5-7-13/h8-10,13H,3-7H2,1-2H3,(H2,17,19,21)(H2,18,20,22). The number of benzene rings is 1. The Morgan fingerprint density at radius 1 is 1.00 bits per heavy atom. The van der Waals surface area contributed by atoms with Gasteiger partial charge in [0.1, 0.15) is 0 Å². The molecule has 1 aromatic carbocycles.